The number of sulfonamides is 1. The Morgan fingerprint density at radius 2 is 1.59 bits per heavy atom. The van der Waals surface area contributed by atoms with Crippen LogP contribution in [-0.4, -0.2) is 62.8 Å². The number of fused-ring (bicyclic) bond motifs is 1. The van der Waals surface area contributed by atoms with Gasteiger partial charge >= 0.3 is 0 Å². The van der Waals surface area contributed by atoms with Gasteiger partial charge in [-0.1, -0.05) is 6.07 Å². The molecule has 32 heavy (non-hydrogen) atoms. The third kappa shape index (κ3) is 4.27. The van der Waals surface area contributed by atoms with Crippen LogP contribution >= 0.6 is 0 Å². The highest BCUT2D eigenvalue weighted by atomic mass is 32.2. The normalized spacial score (nSPS) is 17.4. The smallest absolute Gasteiger partial charge is 0.243 e. The minimum Gasteiger partial charge on any atom is -0.486 e. The predicted octanol–water partition coefficient (Wildman–Crippen LogP) is 3.09. The molecule has 8 heteroatoms. The van der Waals surface area contributed by atoms with Crippen molar-refractivity contribution in [1.82, 2.24) is 9.21 Å². The summed E-state index contributed by atoms with van der Waals surface area (Å²) in [5, 5.41) is 0. The number of aryl methyl sites for hydroxylation is 2. The van der Waals surface area contributed by atoms with Gasteiger partial charge < -0.3 is 9.47 Å². The second kappa shape index (κ2) is 8.84. The number of ether oxygens (including phenoxy) is 2. The lowest BCUT2D eigenvalue weighted by Gasteiger charge is -2.35. The predicted molar refractivity (Wildman–Crippen MR) is 122 cm³/mol. The van der Waals surface area contributed by atoms with Crippen LogP contribution in [0, 0.1) is 20.8 Å². The zero-order chi connectivity index (χ0) is 23.0. The summed E-state index contributed by atoms with van der Waals surface area (Å²) in [6, 6.07) is 6.87. The molecule has 0 radical (unpaired) electrons. The summed E-state index contributed by atoms with van der Waals surface area (Å²) in [5.41, 5.74) is 5.15. The first-order chi connectivity index (χ1) is 15.2. The van der Waals surface area contributed by atoms with Gasteiger partial charge in [-0.15, -0.1) is 0 Å². The number of hydrogen-bond acceptors (Lipinski definition) is 6. The Hall–Kier alpha value is -2.42. The van der Waals surface area contributed by atoms with Gasteiger partial charge in [0.1, 0.15) is 13.2 Å². The summed E-state index contributed by atoms with van der Waals surface area (Å²) in [6.45, 7) is 11.3. The van der Waals surface area contributed by atoms with Crippen molar-refractivity contribution in [2.45, 2.75) is 39.1 Å². The third-order valence-corrected chi connectivity index (χ3v) is 8.24. The lowest BCUT2D eigenvalue weighted by Crippen LogP contribution is -2.48. The molecule has 0 spiro atoms. The Bertz CT molecular complexity index is 1150. The summed E-state index contributed by atoms with van der Waals surface area (Å²) >= 11 is 0. The van der Waals surface area contributed by atoms with E-state index >= 15 is 0 Å². The maximum atomic E-state index is 13.2. The van der Waals surface area contributed by atoms with E-state index in [1.807, 2.05) is 13.8 Å². The maximum absolute atomic E-state index is 13.2. The molecule has 0 N–H and O–H groups in total. The molecule has 2 aliphatic heterocycles. The minimum atomic E-state index is -3.61. The van der Waals surface area contributed by atoms with Crippen LogP contribution in [0.4, 0.5) is 0 Å². The summed E-state index contributed by atoms with van der Waals surface area (Å²) in [5.74, 6) is 1.13. The van der Waals surface area contributed by atoms with Crippen LogP contribution in [0.5, 0.6) is 11.5 Å². The molecule has 2 aliphatic rings. The van der Waals surface area contributed by atoms with Crippen molar-refractivity contribution in [3.05, 3.63) is 52.1 Å². The number of Topliss-reactive ketones (excluding diaryl/α,β-unsaturated/α-hetero) is 1. The zero-order valence-corrected chi connectivity index (χ0v) is 19.9. The average Bonchev–Trinajstić information content (AvgIpc) is 2.76. The lowest BCUT2D eigenvalue weighted by molar-refractivity contribution is 0.101. The van der Waals surface area contributed by atoms with E-state index in [9.17, 15) is 13.2 Å². The van der Waals surface area contributed by atoms with E-state index in [-0.39, 0.29) is 10.7 Å². The summed E-state index contributed by atoms with van der Waals surface area (Å²) in [7, 11) is -3.61. The first kappa shape index (κ1) is 22.8. The lowest BCUT2D eigenvalue weighted by atomic mass is 9.91. The molecule has 1 fully saturated rings. The highest BCUT2D eigenvalue weighted by Gasteiger charge is 2.30. The topological polar surface area (TPSA) is 76.2 Å². The van der Waals surface area contributed by atoms with Crippen LogP contribution < -0.4 is 9.47 Å². The molecular weight excluding hydrogens is 428 g/mol. The molecule has 2 aromatic rings. The van der Waals surface area contributed by atoms with E-state index < -0.39 is 10.0 Å². The molecule has 172 valence electrons. The fourth-order valence-electron chi connectivity index (χ4n) is 4.70. The van der Waals surface area contributed by atoms with Gasteiger partial charge in [0.25, 0.3) is 0 Å². The molecule has 1 saturated heterocycles. The van der Waals surface area contributed by atoms with Gasteiger partial charge in [0, 0.05) is 44.4 Å². The molecule has 0 atom stereocenters. The van der Waals surface area contributed by atoms with Crippen molar-refractivity contribution in [2.24, 2.45) is 0 Å². The maximum Gasteiger partial charge on any atom is 0.243 e. The Balaban J connectivity index is 1.47. The van der Waals surface area contributed by atoms with Gasteiger partial charge in [-0.2, -0.15) is 4.31 Å². The molecule has 0 aliphatic carbocycles. The van der Waals surface area contributed by atoms with Crippen LogP contribution in [0.1, 0.15) is 39.5 Å². The molecule has 7 nitrogen and oxygen atoms in total. The number of hydrogen-bond donors (Lipinski definition) is 0. The van der Waals surface area contributed by atoms with Gasteiger partial charge in [0.05, 0.1) is 4.90 Å². The van der Waals surface area contributed by atoms with Crippen molar-refractivity contribution in [2.75, 3.05) is 39.4 Å². The fraction of sp³-hybridized carbons (Fsp3) is 0.458. The molecule has 0 saturated carbocycles. The van der Waals surface area contributed by atoms with Gasteiger partial charge in [-0.05, 0) is 62.1 Å². The Morgan fingerprint density at radius 3 is 2.25 bits per heavy atom. The van der Waals surface area contributed by atoms with E-state index in [4.69, 9.17) is 9.47 Å². The Morgan fingerprint density at radius 1 is 0.938 bits per heavy atom. The second-order valence-electron chi connectivity index (χ2n) is 8.53. The first-order valence-electron chi connectivity index (χ1n) is 10.9. The number of piperazine rings is 1. The van der Waals surface area contributed by atoms with Gasteiger partial charge in [0.15, 0.2) is 17.3 Å². The minimum absolute atomic E-state index is 0.0802. The largest absolute Gasteiger partial charge is 0.486 e. The fourth-order valence-corrected chi connectivity index (χ4v) is 6.13. The van der Waals surface area contributed by atoms with Crippen molar-refractivity contribution in [3.63, 3.8) is 0 Å². The quantitative estimate of drug-likeness (QED) is 0.641. The van der Waals surface area contributed by atoms with E-state index in [0.717, 1.165) is 27.8 Å². The highest BCUT2D eigenvalue weighted by molar-refractivity contribution is 7.89. The molecule has 2 heterocycles. The zero-order valence-electron chi connectivity index (χ0n) is 19.1. The van der Waals surface area contributed by atoms with E-state index in [1.165, 1.54) is 4.31 Å². The van der Waals surface area contributed by atoms with Crippen molar-refractivity contribution >= 4 is 15.8 Å². The summed E-state index contributed by atoms with van der Waals surface area (Å²) in [4.78, 5) is 14.6. The number of benzene rings is 2. The molecule has 0 amide bonds. The monoisotopic (exact) mass is 458 g/mol. The number of ketones is 1. The SMILES string of the molecule is CC(=O)c1c(C)cc(C)c(CN2CCN(S(=O)(=O)c3ccc4c(c3)OCCO4)CC2)c1C. The van der Waals surface area contributed by atoms with Crippen molar-refractivity contribution in [1.29, 1.82) is 0 Å². The van der Waals surface area contributed by atoms with Crippen LogP contribution in [0.25, 0.3) is 0 Å². The van der Waals surface area contributed by atoms with Crippen LogP contribution in [0.2, 0.25) is 0 Å². The highest BCUT2D eigenvalue weighted by Crippen LogP contribution is 2.33. The molecule has 0 bridgehead atoms. The van der Waals surface area contributed by atoms with Gasteiger partial charge in [-0.3, -0.25) is 9.69 Å². The average molecular weight is 459 g/mol. The van der Waals surface area contributed by atoms with E-state index in [1.54, 1.807) is 25.1 Å². The molecule has 4 rings (SSSR count). The van der Waals surface area contributed by atoms with Crippen molar-refractivity contribution < 1.29 is 22.7 Å². The molecule has 0 aromatic heterocycles. The standard InChI is InChI=1S/C24H30N2O5S/c1-16-13-17(2)24(19(4)27)18(3)21(16)15-25-7-9-26(10-8-25)32(28,29)20-5-6-22-23(14-20)31-12-11-30-22/h5-6,13-14H,7-12,15H2,1-4H3. The summed E-state index contributed by atoms with van der Waals surface area (Å²) < 4.78 is 38.9. The molecule has 0 unspecified atom stereocenters. The number of carbonyl (C=O) groups is 1. The summed E-state index contributed by atoms with van der Waals surface area (Å²) in [6.07, 6.45) is 0. The Labute approximate surface area is 190 Å². The van der Waals surface area contributed by atoms with Crippen LogP contribution in [0.3, 0.4) is 0 Å². The van der Waals surface area contributed by atoms with E-state index in [0.29, 0.717) is 57.4 Å². The van der Waals surface area contributed by atoms with E-state index in [2.05, 4.69) is 17.9 Å². The van der Waals surface area contributed by atoms with Crippen LogP contribution in [-0.2, 0) is 16.6 Å². The first-order valence-corrected chi connectivity index (χ1v) is 12.3. The number of carbonyl (C=O) groups excluding carboxylic acids is 1. The molecular formula is C24H30N2O5S. The molecule has 2 aromatic carbocycles. The van der Waals surface area contributed by atoms with Crippen molar-refractivity contribution in [3.8, 4) is 11.5 Å². The third-order valence-electron chi connectivity index (χ3n) is 6.35. The second-order valence-corrected chi connectivity index (χ2v) is 10.5. The number of nitrogens with zero attached hydrogens (tertiary/aromatic N) is 2. The van der Waals surface area contributed by atoms with Gasteiger partial charge in [-0.25, -0.2) is 8.42 Å². The number of rotatable bonds is 5. The van der Waals surface area contributed by atoms with Gasteiger partial charge in [0.2, 0.25) is 10.0 Å². The van der Waals surface area contributed by atoms with Crippen LogP contribution in [0.15, 0.2) is 29.2 Å². The Kier molecular flexibility index (Phi) is 6.29.